The predicted molar refractivity (Wildman–Crippen MR) is 75.0 cm³/mol. The second-order valence-electron chi connectivity index (χ2n) is 4.89. The summed E-state index contributed by atoms with van der Waals surface area (Å²) in [6, 6.07) is 4.91. The summed E-state index contributed by atoms with van der Waals surface area (Å²) in [5.41, 5.74) is 7.83. The van der Waals surface area contributed by atoms with E-state index < -0.39 is 6.04 Å². The number of aromatic nitrogens is 1. The molecule has 2 aromatic rings. The lowest BCUT2D eigenvalue weighted by atomic mass is 10.2. The van der Waals surface area contributed by atoms with Crippen molar-refractivity contribution < 1.29 is 9.21 Å². The van der Waals surface area contributed by atoms with Gasteiger partial charge in [-0.25, -0.2) is 4.98 Å². The molecule has 1 aromatic heterocycles. The summed E-state index contributed by atoms with van der Waals surface area (Å²) in [5, 5.41) is 2.78. The summed E-state index contributed by atoms with van der Waals surface area (Å²) in [6.45, 7) is 5.92. The van der Waals surface area contributed by atoms with Crippen LogP contribution in [0.4, 0.5) is 5.69 Å². The quantitative estimate of drug-likeness (QED) is 0.886. The smallest absolute Gasteiger partial charge is 0.241 e. The van der Waals surface area contributed by atoms with Crippen LogP contribution < -0.4 is 11.1 Å². The molecule has 0 aliphatic carbocycles. The standard InChI is InChI=1S/C14H19N3O2/c1-4-10(15)13(18)16-9-5-6-12-11(7-9)17-14(19-12)8(2)3/h5-8,10H,4,15H2,1-3H3,(H,16,18)/t10-/m0/s1. The summed E-state index contributed by atoms with van der Waals surface area (Å²) in [6.07, 6.45) is 0.607. The zero-order valence-corrected chi connectivity index (χ0v) is 11.4. The number of nitrogens with two attached hydrogens (primary N) is 1. The Balaban J connectivity index is 2.24. The number of fused-ring (bicyclic) bond motifs is 1. The van der Waals surface area contributed by atoms with E-state index in [4.69, 9.17) is 10.2 Å². The molecular formula is C14H19N3O2. The Labute approximate surface area is 112 Å². The maximum atomic E-state index is 11.7. The van der Waals surface area contributed by atoms with E-state index in [0.717, 1.165) is 11.1 Å². The molecule has 19 heavy (non-hydrogen) atoms. The highest BCUT2D eigenvalue weighted by molar-refractivity contribution is 5.96. The fourth-order valence-corrected chi connectivity index (χ4v) is 1.69. The van der Waals surface area contributed by atoms with Gasteiger partial charge in [0.25, 0.3) is 0 Å². The molecule has 0 aliphatic rings. The number of nitrogens with zero attached hydrogens (tertiary/aromatic N) is 1. The van der Waals surface area contributed by atoms with E-state index in [2.05, 4.69) is 10.3 Å². The van der Waals surface area contributed by atoms with Gasteiger partial charge in [0.15, 0.2) is 11.5 Å². The number of nitrogens with one attached hydrogen (secondary N) is 1. The van der Waals surface area contributed by atoms with Gasteiger partial charge in [-0.15, -0.1) is 0 Å². The predicted octanol–water partition coefficient (Wildman–Crippen LogP) is 2.63. The van der Waals surface area contributed by atoms with Crippen LogP contribution in [0.15, 0.2) is 22.6 Å². The molecule has 0 saturated carbocycles. The number of benzene rings is 1. The highest BCUT2D eigenvalue weighted by atomic mass is 16.3. The SMILES string of the molecule is CC[C@H](N)C(=O)Nc1ccc2oc(C(C)C)nc2c1. The van der Waals surface area contributed by atoms with Gasteiger partial charge in [0, 0.05) is 11.6 Å². The summed E-state index contributed by atoms with van der Waals surface area (Å²) < 4.78 is 5.61. The second-order valence-corrected chi connectivity index (χ2v) is 4.89. The zero-order valence-electron chi connectivity index (χ0n) is 11.4. The number of oxazole rings is 1. The molecule has 0 unspecified atom stereocenters. The summed E-state index contributed by atoms with van der Waals surface area (Å²) in [4.78, 5) is 16.1. The minimum Gasteiger partial charge on any atom is -0.440 e. The first-order valence-corrected chi connectivity index (χ1v) is 6.48. The van der Waals surface area contributed by atoms with Gasteiger partial charge in [0.1, 0.15) is 5.52 Å². The number of hydrogen-bond donors (Lipinski definition) is 2. The number of amides is 1. The maximum absolute atomic E-state index is 11.7. The lowest BCUT2D eigenvalue weighted by Gasteiger charge is -2.09. The van der Waals surface area contributed by atoms with E-state index in [1.807, 2.05) is 20.8 Å². The third-order valence-corrected chi connectivity index (χ3v) is 2.94. The molecule has 1 atom stereocenters. The first-order valence-electron chi connectivity index (χ1n) is 6.48. The molecule has 0 saturated heterocycles. The van der Waals surface area contributed by atoms with Crippen molar-refractivity contribution in [2.75, 3.05) is 5.32 Å². The van der Waals surface area contributed by atoms with Crippen LogP contribution in [0.2, 0.25) is 0 Å². The second kappa shape index (κ2) is 5.40. The number of rotatable bonds is 4. The minimum atomic E-state index is -0.487. The molecule has 0 aliphatic heterocycles. The van der Waals surface area contributed by atoms with Gasteiger partial charge in [-0.05, 0) is 24.6 Å². The number of hydrogen-bond acceptors (Lipinski definition) is 4. The summed E-state index contributed by atoms with van der Waals surface area (Å²) >= 11 is 0. The molecule has 0 fully saturated rings. The van der Waals surface area contributed by atoms with Crippen LogP contribution in [0, 0.1) is 0 Å². The van der Waals surface area contributed by atoms with Crippen LogP contribution in [0.5, 0.6) is 0 Å². The summed E-state index contributed by atoms with van der Waals surface area (Å²) in [5.74, 6) is 0.747. The lowest BCUT2D eigenvalue weighted by Crippen LogP contribution is -2.34. The van der Waals surface area contributed by atoms with E-state index >= 15 is 0 Å². The van der Waals surface area contributed by atoms with Crippen LogP contribution in [0.25, 0.3) is 11.1 Å². The maximum Gasteiger partial charge on any atom is 0.241 e. The number of carbonyl (C=O) groups excluding carboxylic acids is 1. The Morgan fingerprint density at radius 2 is 2.21 bits per heavy atom. The molecule has 0 radical (unpaired) electrons. The normalized spacial score (nSPS) is 12.9. The van der Waals surface area contributed by atoms with Crippen LogP contribution in [0.1, 0.15) is 39.0 Å². The van der Waals surface area contributed by atoms with Crippen molar-refractivity contribution >= 4 is 22.7 Å². The van der Waals surface area contributed by atoms with Crippen molar-refractivity contribution in [3.63, 3.8) is 0 Å². The van der Waals surface area contributed by atoms with Crippen molar-refractivity contribution in [2.45, 2.75) is 39.2 Å². The Hall–Kier alpha value is -1.88. The van der Waals surface area contributed by atoms with E-state index in [1.54, 1.807) is 18.2 Å². The molecule has 102 valence electrons. The van der Waals surface area contributed by atoms with E-state index in [-0.39, 0.29) is 11.8 Å². The van der Waals surface area contributed by atoms with Gasteiger partial charge in [0.2, 0.25) is 5.91 Å². The molecule has 3 N–H and O–H groups in total. The molecule has 1 heterocycles. The van der Waals surface area contributed by atoms with Gasteiger partial charge in [-0.1, -0.05) is 20.8 Å². The average molecular weight is 261 g/mol. The molecule has 0 spiro atoms. The van der Waals surface area contributed by atoms with Crippen LogP contribution in [-0.4, -0.2) is 16.9 Å². The van der Waals surface area contributed by atoms with Crippen LogP contribution in [-0.2, 0) is 4.79 Å². The molecule has 1 amide bonds. The Bertz CT molecular complexity index is 589. The topological polar surface area (TPSA) is 81.2 Å². The molecule has 2 rings (SSSR count). The van der Waals surface area contributed by atoms with E-state index in [1.165, 1.54) is 0 Å². The summed E-state index contributed by atoms with van der Waals surface area (Å²) in [7, 11) is 0. The Kier molecular flexibility index (Phi) is 3.85. The average Bonchev–Trinajstić information content (AvgIpc) is 2.81. The van der Waals surface area contributed by atoms with Crippen molar-refractivity contribution in [2.24, 2.45) is 5.73 Å². The first-order chi connectivity index (χ1) is 9.01. The molecular weight excluding hydrogens is 242 g/mol. The number of anilines is 1. The van der Waals surface area contributed by atoms with Gasteiger partial charge in [0.05, 0.1) is 6.04 Å². The van der Waals surface area contributed by atoms with Crippen molar-refractivity contribution in [1.82, 2.24) is 4.98 Å². The van der Waals surface area contributed by atoms with Gasteiger partial charge < -0.3 is 15.5 Å². The van der Waals surface area contributed by atoms with Crippen molar-refractivity contribution in [1.29, 1.82) is 0 Å². The Morgan fingerprint density at radius 1 is 1.47 bits per heavy atom. The van der Waals surface area contributed by atoms with Crippen LogP contribution >= 0.6 is 0 Å². The monoisotopic (exact) mass is 261 g/mol. The molecule has 0 bridgehead atoms. The zero-order chi connectivity index (χ0) is 14.0. The first kappa shape index (κ1) is 13.5. The minimum absolute atomic E-state index is 0.186. The molecule has 1 aromatic carbocycles. The van der Waals surface area contributed by atoms with Crippen LogP contribution in [0.3, 0.4) is 0 Å². The largest absolute Gasteiger partial charge is 0.440 e. The third-order valence-electron chi connectivity index (χ3n) is 2.94. The van der Waals surface area contributed by atoms with Crippen molar-refractivity contribution in [3.05, 3.63) is 24.1 Å². The van der Waals surface area contributed by atoms with E-state index in [9.17, 15) is 4.79 Å². The molecule has 5 heteroatoms. The fraction of sp³-hybridized carbons (Fsp3) is 0.429. The van der Waals surface area contributed by atoms with Crippen molar-refractivity contribution in [3.8, 4) is 0 Å². The Morgan fingerprint density at radius 3 is 2.84 bits per heavy atom. The third kappa shape index (κ3) is 2.93. The van der Waals surface area contributed by atoms with E-state index in [0.29, 0.717) is 18.0 Å². The lowest BCUT2D eigenvalue weighted by molar-refractivity contribution is -0.117. The highest BCUT2D eigenvalue weighted by Crippen LogP contribution is 2.23. The number of carbonyl (C=O) groups is 1. The van der Waals surface area contributed by atoms with Gasteiger partial charge in [-0.2, -0.15) is 0 Å². The van der Waals surface area contributed by atoms with Gasteiger partial charge >= 0.3 is 0 Å². The highest BCUT2D eigenvalue weighted by Gasteiger charge is 2.13. The van der Waals surface area contributed by atoms with Gasteiger partial charge in [-0.3, -0.25) is 4.79 Å². The fourth-order valence-electron chi connectivity index (χ4n) is 1.69. The molecule has 5 nitrogen and oxygen atoms in total.